The highest BCUT2D eigenvalue weighted by Gasteiger charge is 2.30. The molecule has 6 nitrogen and oxygen atoms in total. The summed E-state index contributed by atoms with van der Waals surface area (Å²) in [4.78, 5) is 11.7. The van der Waals surface area contributed by atoms with Gasteiger partial charge in [0.15, 0.2) is 5.96 Å². The molecule has 1 N–H and O–H groups in total. The number of hydrogen-bond donors (Lipinski definition) is 1. The van der Waals surface area contributed by atoms with Gasteiger partial charge in [-0.3, -0.25) is 9.89 Å². The summed E-state index contributed by atoms with van der Waals surface area (Å²) in [6.07, 6.45) is 1.21. The average molecular weight is 487 g/mol. The molecule has 2 heterocycles. The molecule has 3 rings (SSSR count). The van der Waals surface area contributed by atoms with Crippen LogP contribution in [0.5, 0.6) is 0 Å². The van der Waals surface area contributed by atoms with E-state index in [9.17, 15) is 0 Å². The molecule has 2 fully saturated rings. The average Bonchev–Trinajstić information content (AvgIpc) is 3.14. The fraction of sp³-hybridized carbons (Fsp3) is 0.650. The molecule has 1 aromatic carbocycles. The molecule has 1 unspecified atom stereocenters. The Morgan fingerprint density at radius 3 is 2.44 bits per heavy atom. The number of hydrogen-bond acceptors (Lipinski definition) is 4. The van der Waals surface area contributed by atoms with Gasteiger partial charge >= 0.3 is 0 Å². The van der Waals surface area contributed by atoms with Crippen LogP contribution in [0.1, 0.15) is 17.5 Å². The van der Waals surface area contributed by atoms with Crippen LogP contribution in [-0.4, -0.2) is 87.2 Å². The fourth-order valence-corrected chi connectivity index (χ4v) is 3.82. The lowest BCUT2D eigenvalue weighted by atomic mass is 10.1. The zero-order valence-corrected chi connectivity index (χ0v) is 19.2. The van der Waals surface area contributed by atoms with Crippen molar-refractivity contribution in [2.75, 3.05) is 60.5 Å². The van der Waals surface area contributed by atoms with Crippen LogP contribution in [0.15, 0.2) is 29.3 Å². The molecule has 0 aromatic heterocycles. The summed E-state index contributed by atoms with van der Waals surface area (Å²) in [6, 6.07) is 9.47. The topological polar surface area (TPSA) is 43.3 Å². The molecule has 0 saturated carbocycles. The highest BCUT2D eigenvalue weighted by molar-refractivity contribution is 14.0. The molecule has 152 valence electrons. The number of morpholine rings is 1. The van der Waals surface area contributed by atoms with Crippen LogP contribution in [0.3, 0.4) is 0 Å². The molecule has 0 spiro atoms. The highest BCUT2D eigenvalue weighted by atomic mass is 127. The quantitative estimate of drug-likeness (QED) is 0.390. The lowest BCUT2D eigenvalue weighted by molar-refractivity contribution is 0.0195. The van der Waals surface area contributed by atoms with E-state index in [1.165, 1.54) is 17.5 Å². The van der Waals surface area contributed by atoms with Gasteiger partial charge in [0.2, 0.25) is 0 Å². The molecular weight excluding hydrogens is 453 g/mol. The number of aliphatic imine (C=N–C) groups is 1. The predicted octanol–water partition coefficient (Wildman–Crippen LogP) is 1.85. The van der Waals surface area contributed by atoms with E-state index in [1.54, 1.807) is 0 Å². The normalized spacial score (nSPS) is 21.4. The highest BCUT2D eigenvalue weighted by Crippen LogP contribution is 2.17. The van der Waals surface area contributed by atoms with Gasteiger partial charge in [0.1, 0.15) is 0 Å². The molecule has 0 radical (unpaired) electrons. The van der Waals surface area contributed by atoms with Crippen LogP contribution < -0.4 is 5.32 Å². The third-order valence-electron chi connectivity index (χ3n) is 5.21. The molecule has 0 amide bonds. The van der Waals surface area contributed by atoms with Crippen molar-refractivity contribution >= 4 is 29.9 Å². The molecule has 0 bridgehead atoms. The van der Waals surface area contributed by atoms with Gasteiger partial charge in [-0.25, -0.2) is 0 Å². The first-order chi connectivity index (χ1) is 12.7. The Balaban J connectivity index is 0.00000261. The summed E-state index contributed by atoms with van der Waals surface area (Å²) < 4.78 is 5.48. The zero-order chi connectivity index (χ0) is 18.4. The van der Waals surface area contributed by atoms with Gasteiger partial charge in [0.25, 0.3) is 0 Å². The number of nitrogens with one attached hydrogen (secondary N) is 1. The molecule has 2 aliphatic rings. The SMILES string of the molecule is CN=C(NCc1ccc(CN(C)C)cc1)N1CCC(N2CCOCC2)C1.I. The van der Waals surface area contributed by atoms with Gasteiger partial charge in [-0.1, -0.05) is 24.3 Å². The molecule has 2 aliphatic heterocycles. The minimum Gasteiger partial charge on any atom is -0.379 e. The van der Waals surface area contributed by atoms with E-state index in [1.807, 2.05) is 7.05 Å². The molecule has 0 aliphatic carbocycles. The summed E-state index contributed by atoms with van der Waals surface area (Å²) in [6.45, 7) is 7.78. The number of halogens is 1. The Morgan fingerprint density at radius 2 is 1.81 bits per heavy atom. The van der Waals surface area contributed by atoms with E-state index in [4.69, 9.17) is 4.74 Å². The number of nitrogens with zero attached hydrogens (tertiary/aromatic N) is 4. The van der Waals surface area contributed by atoms with Crippen LogP contribution in [-0.2, 0) is 17.8 Å². The second-order valence-electron chi connectivity index (χ2n) is 7.49. The lowest BCUT2D eigenvalue weighted by Gasteiger charge is -2.32. The van der Waals surface area contributed by atoms with E-state index in [-0.39, 0.29) is 24.0 Å². The number of likely N-dealkylation sites (tertiary alicyclic amines) is 1. The largest absolute Gasteiger partial charge is 0.379 e. The smallest absolute Gasteiger partial charge is 0.193 e. The van der Waals surface area contributed by atoms with Crippen molar-refractivity contribution in [1.29, 1.82) is 0 Å². The van der Waals surface area contributed by atoms with E-state index in [2.05, 4.69) is 63.4 Å². The number of guanidine groups is 1. The van der Waals surface area contributed by atoms with Crippen molar-refractivity contribution in [1.82, 2.24) is 20.0 Å². The Kier molecular flexibility index (Phi) is 9.28. The van der Waals surface area contributed by atoms with Gasteiger partial charge in [0.05, 0.1) is 13.2 Å². The van der Waals surface area contributed by atoms with E-state index in [0.717, 1.165) is 58.4 Å². The van der Waals surface area contributed by atoms with Crippen LogP contribution in [0, 0.1) is 0 Å². The summed E-state index contributed by atoms with van der Waals surface area (Å²) in [7, 11) is 6.07. The Morgan fingerprint density at radius 1 is 1.15 bits per heavy atom. The van der Waals surface area contributed by atoms with Crippen molar-refractivity contribution in [3.05, 3.63) is 35.4 Å². The minimum atomic E-state index is 0. The number of benzene rings is 1. The van der Waals surface area contributed by atoms with Crippen molar-refractivity contribution in [3.8, 4) is 0 Å². The molecule has 1 aromatic rings. The summed E-state index contributed by atoms with van der Waals surface area (Å²) in [5.41, 5.74) is 2.63. The van der Waals surface area contributed by atoms with Crippen molar-refractivity contribution < 1.29 is 4.74 Å². The first-order valence-corrected chi connectivity index (χ1v) is 9.65. The lowest BCUT2D eigenvalue weighted by Crippen LogP contribution is -2.46. The second-order valence-corrected chi connectivity index (χ2v) is 7.49. The maximum absolute atomic E-state index is 5.48. The van der Waals surface area contributed by atoms with Crippen LogP contribution in [0.25, 0.3) is 0 Å². The molecule has 7 heteroatoms. The van der Waals surface area contributed by atoms with Gasteiger partial charge < -0.3 is 19.9 Å². The van der Waals surface area contributed by atoms with Crippen LogP contribution in [0.4, 0.5) is 0 Å². The molecular formula is C20H34IN5O. The summed E-state index contributed by atoms with van der Waals surface area (Å²) in [5.74, 6) is 1.01. The monoisotopic (exact) mass is 487 g/mol. The van der Waals surface area contributed by atoms with E-state index < -0.39 is 0 Å². The number of ether oxygens (including phenoxy) is 1. The van der Waals surface area contributed by atoms with Gasteiger partial charge in [-0.15, -0.1) is 24.0 Å². The second kappa shape index (κ2) is 11.2. The van der Waals surface area contributed by atoms with Crippen molar-refractivity contribution in [2.24, 2.45) is 4.99 Å². The Hall–Kier alpha value is -0.900. The van der Waals surface area contributed by atoms with E-state index in [0.29, 0.717) is 6.04 Å². The Bertz CT molecular complexity index is 587. The van der Waals surface area contributed by atoms with Gasteiger partial charge in [0, 0.05) is 52.4 Å². The first kappa shape index (κ1) is 22.4. The van der Waals surface area contributed by atoms with Crippen molar-refractivity contribution in [2.45, 2.75) is 25.6 Å². The van der Waals surface area contributed by atoms with Crippen LogP contribution in [0.2, 0.25) is 0 Å². The third-order valence-corrected chi connectivity index (χ3v) is 5.21. The minimum absolute atomic E-state index is 0. The van der Waals surface area contributed by atoms with E-state index >= 15 is 0 Å². The zero-order valence-electron chi connectivity index (χ0n) is 16.9. The van der Waals surface area contributed by atoms with Gasteiger partial charge in [-0.2, -0.15) is 0 Å². The summed E-state index contributed by atoms with van der Waals surface area (Å²) in [5, 5.41) is 3.53. The molecule has 1 atom stereocenters. The summed E-state index contributed by atoms with van der Waals surface area (Å²) >= 11 is 0. The van der Waals surface area contributed by atoms with Gasteiger partial charge in [-0.05, 0) is 31.6 Å². The third kappa shape index (κ3) is 6.58. The number of rotatable bonds is 5. The first-order valence-electron chi connectivity index (χ1n) is 9.65. The molecule has 27 heavy (non-hydrogen) atoms. The molecule has 2 saturated heterocycles. The maximum atomic E-state index is 5.48. The Labute approximate surface area is 181 Å². The maximum Gasteiger partial charge on any atom is 0.193 e. The predicted molar refractivity (Wildman–Crippen MR) is 122 cm³/mol. The fourth-order valence-electron chi connectivity index (χ4n) is 3.82. The van der Waals surface area contributed by atoms with Crippen LogP contribution >= 0.6 is 24.0 Å². The standard InChI is InChI=1S/C20H33N5O.HI/c1-21-20(22-14-17-4-6-18(7-5-17)15-23(2)3)25-9-8-19(16-25)24-10-12-26-13-11-24;/h4-7,19H,8-16H2,1-3H3,(H,21,22);1H. The van der Waals surface area contributed by atoms with Crippen molar-refractivity contribution in [3.63, 3.8) is 0 Å².